The van der Waals surface area contributed by atoms with Gasteiger partial charge >= 0.3 is 5.97 Å². The van der Waals surface area contributed by atoms with Gasteiger partial charge in [-0.2, -0.15) is 5.26 Å². The number of benzene rings is 1. The molecule has 1 aromatic heterocycles. The fourth-order valence-corrected chi connectivity index (χ4v) is 1.88. The second-order valence-corrected chi connectivity index (χ2v) is 4.10. The van der Waals surface area contributed by atoms with Crippen LogP contribution in [-0.4, -0.2) is 22.6 Å². The topological polar surface area (TPSA) is 77.2 Å². The molecule has 2 rings (SSSR count). The molecule has 20 heavy (non-hydrogen) atoms. The molecule has 0 saturated heterocycles. The summed E-state index contributed by atoms with van der Waals surface area (Å²) in [5.41, 5.74) is 1.60. The Morgan fingerprint density at radius 1 is 1.25 bits per heavy atom. The Balaban J connectivity index is 2.39. The van der Waals surface area contributed by atoms with Crippen molar-refractivity contribution < 1.29 is 9.90 Å². The third-order valence-electron chi connectivity index (χ3n) is 2.79. The van der Waals surface area contributed by atoms with Gasteiger partial charge in [-0.3, -0.25) is 0 Å². The zero-order valence-electron chi connectivity index (χ0n) is 10.7. The standard InChI is InChI=1S/C15H13N3O2/c16-8-4-10-18(12-5-2-1-3-6-12)13-7-9-17-14(11-13)15(19)20/h1-3,5-7,9,11H,4,10H2,(H,19,20). The van der Waals surface area contributed by atoms with E-state index in [1.54, 1.807) is 6.07 Å². The van der Waals surface area contributed by atoms with E-state index in [2.05, 4.69) is 11.1 Å². The molecule has 0 aliphatic heterocycles. The summed E-state index contributed by atoms with van der Waals surface area (Å²) in [4.78, 5) is 16.7. The van der Waals surface area contributed by atoms with Crippen molar-refractivity contribution in [2.45, 2.75) is 6.42 Å². The minimum atomic E-state index is -1.07. The van der Waals surface area contributed by atoms with Crippen LogP contribution in [-0.2, 0) is 0 Å². The van der Waals surface area contributed by atoms with Gasteiger partial charge in [-0.05, 0) is 24.3 Å². The van der Waals surface area contributed by atoms with Crippen LogP contribution in [0, 0.1) is 11.3 Å². The van der Waals surface area contributed by atoms with Crippen LogP contribution in [0.1, 0.15) is 16.9 Å². The highest BCUT2D eigenvalue weighted by molar-refractivity contribution is 5.86. The van der Waals surface area contributed by atoms with E-state index in [4.69, 9.17) is 10.4 Å². The van der Waals surface area contributed by atoms with Crippen LogP contribution in [0.25, 0.3) is 0 Å². The summed E-state index contributed by atoms with van der Waals surface area (Å²) in [5, 5.41) is 17.8. The molecule has 100 valence electrons. The van der Waals surface area contributed by atoms with Gasteiger partial charge in [0.05, 0.1) is 12.5 Å². The molecule has 0 aliphatic rings. The number of nitrogens with zero attached hydrogens (tertiary/aromatic N) is 3. The Hall–Kier alpha value is -2.87. The Labute approximate surface area is 116 Å². The van der Waals surface area contributed by atoms with Crippen LogP contribution in [0.4, 0.5) is 11.4 Å². The van der Waals surface area contributed by atoms with Gasteiger partial charge in [0.2, 0.25) is 0 Å². The van der Waals surface area contributed by atoms with E-state index in [1.807, 2.05) is 35.2 Å². The van der Waals surface area contributed by atoms with Crippen molar-refractivity contribution >= 4 is 17.3 Å². The van der Waals surface area contributed by atoms with Crippen LogP contribution < -0.4 is 4.90 Å². The normalized spacial score (nSPS) is 9.75. The number of hydrogen-bond acceptors (Lipinski definition) is 4. The molecule has 0 unspecified atom stereocenters. The molecule has 0 aliphatic carbocycles. The van der Waals surface area contributed by atoms with Gasteiger partial charge in [0.1, 0.15) is 5.69 Å². The largest absolute Gasteiger partial charge is 0.477 e. The van der Waals surface area contributed by atoms with Gasteiger partial charge < -0.3 is 10.0 Å². The Kier molecular flexibility index (Phi) is 4.30. The fourth-order valence-electron chi connectivity index (χ4n) is 1.88. The first-order valence-electron chi connectivity index (χ1n) is 6.11. The number of pyridine rings is 1. The van der Waals surface area contributed by atoms with Crippen LogP contribution in [0.15, 0.2) is 48.7 Å². The predicted molar refractivity (Wildman–Crippen MR) is 74.9 cm³/mol. The Bertz CT molecular complexity index is 635. The first-order chi connectivity index (χ1) is 9.72. The number of aromatic nitrogens is 1. The zero-order chi connectivity index (χ0) is 14.4. The molecular weight excluding hydrogens is 254 g/mol. The van der Waals surface area contributed by atoms with Gasteiger partial charge in [0.25, 0.3) is 0 Å². The van der Waals surface area contributed by atoms with Gasteiger partial charge in [0.15, 0.2) is 0 Å². The molecule has 0 saturated carbocycles. The van der Waals surface area contributed by atoms with Gasteiger partial charge in [-0.1, -0.05) is 18.2 Å². The number of hydrogen-bond donors (Lipinski definition) is 1. The highest BCUT2D eigenvalue weighted by Gasteiger charge is 2.12. The smallest absolute Gasteiger partial charge is 0.354 e. The number of carbonyl (C=O) groups is 1. The Morgan fingerprint density at radius 2 is 2.00 bits per heavy atom. The van der Waals surface area contributed by atoms with Gasteiger partial charge in [-0.15, -0.1) is 0 Å². The van der Waals surface area contributed by atoms with Crippen LogP contribution in [0.2, 0.25) is 0 Å². The van der Waals surface area contributed by atoms with Crippen LogP contribution in [0.3, 0.4) is 0 Å². The minimum absolute atomic E-state index is 0.0135. The number of para-hydroxylation sites is 1. The van der Waals surface area contributed by atoms with E-state index in [9.17, 15) is 4.79 Å². The molecular formula is C15H13N3O2. The first-order valence-corrected chi connectivity index (χ1v) is 6.11. The quantitative estimate of drug-likeness (QED) is 0.901. The fraction of sp³-hybridized carbons (Fsp3) is 0.133. The number of anilines is 2. The summed E-state index contributed by atoms with van der Waals surface area (Å²) in [6.07, 6.45) is 1.81. The summed E-state index contributed by atoms with van der Waals surface area (Å²) < 4.78 is 0. The third kappa shape index (κ3) is 3.12. The molecule has 1 N–H and O–H groups in total. The minimum Gasteiger partial charge on any atom is -0.477 e. The van der Waals surface area contributed by atoms with Crippen molar-refractivity contribution in [3.8, 4) is 6.07 Å². The number of rotatable bonds is 5. The summed E-state index contributed by atoms with van der Waals surface area (Å²) in [5.74, 6) is -1.07. The lowest BCUT2D eigenvalue weighted by molar-refractivity contribution is 0.0690. The van der Waals surface area contributed by atoms with Crippen LogP contribution >= 0.6 is 0 Å². The maximum atomic E-state index is 11.0. The van der Waals surface area contributed by atoms with E-state index in [1.165, 1.54) is 12.3 Å². The highest BCUT2D eigenvalue weighted by Crippen LogP contribution is 2.25. The SMILES string of the molecule is N#CCCN(c1ccccc1)c1ccnc(C(=O)O)c1. The second-order valence-electron chi connectivity index (χ2n) is 4.10. The third-order valence-corrected chi connectivity index (χ3v) is 2.79. The van der Waals surface area contributed by atoms with Crippen molar-refractivity contribution in [2.24, 2.45) is 0 Å². The summed E-state index contributed by atoms with van der Waals surface area (Å²) in [7, 11) is 0. The molecule has 1 heterocycles. The van der Waals surface area contributed by atoms with Crippen molar-refractivity contribution in [3.05, 3.63) is 54.4 Å². The van der Waals surface area contributed by atoms with Crippen LogP contribution in [0.5, 0.6) is 0 Å². The van der Waals surface area contributed by atoms with Crippen molar-refractivity contribution in [2.75, 3.05) is 11.4 Å². The molecule has 0 bridgehead atoms. The number of carboxylic acids is 1. The zero-order valence-corrected chi connectivity index (χ0v) is 10.7. The number of carboxylic acid groups (broad SMARTS) is 1. The molecule has 2 aromatic rings. The predicted octanol–water partition coefficient (Wildman–Crippen LogP) is 2.83. The first kappa shape index (κ1) is 13.6. The van der Waals surface area contributed by atoms with Crippen molar-refractivity contribution in [1.82, 2.24) is 4.98 Å². The Morgan fingerprint density at radius 3 is 2.65 bits per heavy atom. The van der Waals surface area contributed by atoms with E-state index in [0.29, 0.717) is 18.7 Å². The lowest BCUT2D eigenvalue weighted by atomic mass is 10.2. The molecule has 1 aromatic carbocycles. The maximum Gasteiger partial charge on any atom is 0.354 e. The molecule has 5 heteroatoms. The lowest BCUT2D eigenvalue weighted by Gasteiger charge is -2.24. The number of aromatic carboxylic acids is 1. The molecule has 0 amide bonds. The average molecular weight is 267 g/mol. The highest BCUT2D eigenvalue weighted by atomic mass is 16.4. The molecule has 0 spiro atoms. The molecule has 0 radical (unpaired) electrons. The van der Waals surface area contributed by atoms with E-state index in [0.717, 1.165) is 5.69 Å². The summed E-state index contributed by atoms with van der Waals surface area (Å²) in [6, 6.07) is 14.9. The molecule has 5 nitrogen and oxygen atoms in total. The lowest BCUT2D eigenvalue weighted by Crippen LogP contribution is -2.18. The maximum absolute atomic E-state index is 11.0. The summed E-state index contributed by atoms with van der Waals surface area (Å²) >= 11 is 0. The number of nitriles is 1. The average Bonchev–Trinajstić information content (AvgIpc) is 2.49. The summed E-state index contributed by atoms with van der Waals surface area (Å²) in [6.45, 7) is 0.490. The van der Waals surface area contributed by atoms with Gasteiger partial charge in [0, 0.05) is 24.1 Å². The second kappa shape index (κ2) is 6.34. The van der Waals surface area contributed by atoms with Crippen molar-refractivity contribution in [3.63, 3.8) is 0 Å². The molecule has 0 atom stereocenters. The van der Waals surface area contributed by atoms with Gasteiger partial charge in [-0.25, -0.2) is 9.78 Å². The van der Waals surface area contributed by atoms with E-state index < -0.39 is 5.97 Å². The monoisotopic (exact) mass is 267 g/mol. The van der Waals surface area contributed by atoms with Crippen molar-refractivity contribution in [1.29, 1.82) is 5.26 Å². The van der Waals surface area contributed by atoms with E-state index >= 15 is 0 Å². The molecule has 0 fully saturated rings. The van der Waals surface area contributed by atoms with E-state index in [-0.39, 0.29) is 5.69 Å².